The van der Waals surface area contributed by atoms with Gasteiger partial charge in [-0.2, -0.15) is 0 Å². The Bertz CT molecular complexity index is 650. The molecule has 9 heteroatoms. The van der Waals surface area contributed by atoms with Gasteiger partial charge in [0.05, 0.1) is 11.4 Å². The molecule has 2 heterocycles. The highest BCUT2D eigenvalue weighted by molar-refractivity contribution is 14.0. The van der Waals surface area contributed by atoms with Crippen LogP contribution in [0.4, 0.5) is 0 Å². The van der Waals surface area contributed by atoms with Crippen LogP contribution < -0.4 is 10.5 Å². The first kappa shape index (κ1) is 21.7. The zero-order valence-corrected chi connectivity index (χ0v) is 18.2. The van der Waals surface area contributed by atoms with Crippen molar-refractivity contribution in [1.82, 2.24) is 9.62 Å². The van der Waals surface area contributed by atoms with E-state index in [-0.39, 0.29) is 30.5 Å². The zero-order chi connectivity index (χ0) is 16.9. The Morgan fingerprint density at radius 1 is 1.29 bits per heavy atom. The number of likely N-dealkylation sites (tertiary alicyclic amines) is 1. The predicted octanol–water partition coefficient (Wildman–Crippen LogP) is 2.45. The van der Waals surface area contributed by atoms with Crippen molar-refractivity contribution in [2.24, 2.45) is 10.7 Å². The van der Waals surface area contributed by atoms with Crippen LogP contribution in [-0.2, 0) is 10.0 Å². The minimum Gasteiger partial charge on any atom is -0.370 e. The average Bonchev–Trinajstić information content (AvgIpc) is 2.70. The van der Waals surface area contributed by atoms with Gasteiger partial charge in [0.2, 0.25) is 10.0 Å². The summed E-state index contributed by atoms with van der Waals surface area (Å²) in [6, 6.07) is 1.71. The quantitative estimate of drug-likeness (QED) is 0.290. The highest BCUT2D eigenvalue weighted by Crippen LogP contribution is 2.24. The molecular weight excluding hydrogens is 459 g/mol. The van der Waals surface area contributed by atoms with E-state index in [1.807, 2.05) is 13.8 Å². The van der Waals surface area contributed by atoms with Gasteiger partial charge in [0.15, 0.2) is 5.96 Å². The Morgan fingerprint density at radius 2 is 1.92 bits per heavy atom. The molecule has 0 bridgehead atoms. The number of halogens is 1. The van der Waals surface area contributed by atoms with Crippen LogP contribution in [0.2, 0.25) is 0 Å². The largest absolute Gasteiger partial charge is 0.370 e. The van der Waals surface area contributed by atoms with Gasteiger partial charge in [-0.1, -0.05) is 12.8 Å². The number of nitrogens with zero attached hydrogens (tertiary/aromatic N) is 2. The van der Waals surface area contributed by atoms with Crippen molar-refractivity contribution in [1.29, 1.82) is 0 Å². The van der Waals surface area contributed by atoms with E-state index in [1.165, 1.54) is 24.2 Å². The molecule has 1 aromatic rings. The third-order valence-corrected chi connectivity index (χ3v) is 6.58. The number of thiophene rings is 1. The van der Waals surface area contributed by atoms with E-state index in [9.17, 15) is 8.42 Å². The fourth-order valence-electron chi connectivity index (χ4n) is 2.70. The van der Waals surface area contributed by atoms with Crippen molar-refractivity contribution in [3.8, 4) is 0 Å². The molecule has 3 N–H and O–H groups in total. The predicted molar refractivity (Wildman–Crippen MR) is 111 cm³/mol. The summed E-state index contributed by atoms with van der Waals surface area (Å²) >= 11 is 1.49. The van der Waals surface area contributed by atoms with Gasteiger partial charge in [0, 0.05) is 29.4 Å². The van der Waals surface area contributed by atoms with Crippen molar-refractivity contribution in [2.45, 2.75) is 44.4 Å². The van der Waals surface area contributed by atoms with Gasteiger partial charge < -0.3 is 10.6 Å². The van der Waals surface area contributed by atoms with Gasteiger partial charge in [-0.3, -0.25) is 4.99 Å². The molecule has 24 heavy (non-hydrogen) atoms. The lowest BCUT2D eigenvalue weighted by Gasteiger charge is -2.21. The number of nitrogens with two attached hydrogens (primary N) is 1. The van der Waals surface area contributed by atoms with Crippen molar-refractivity contribution in [3.05, 3.63) is 15.8 Å². The molecule has 1 saturated heterocycles. The Balaban J connectivity index is 0.00000288. The first-order valence-electron chi connectivity index (χ1n) is 8.02. The summed E-state index contributed by atoms with van der Waals surface area (Å²) in [5.41, 5.74) is 6.01. The van der Waals surface area contributed by atoms with Crippen molar-refractivity contribution in [2.75, 3.05) is 26.2 Å². The summed E-state index contributed by atoms with van der Waals surface area (Å²) in [6.45, 7) is 6.21. The normalized spacial score (nSPS) is 16.6. The molecule has 0 aromatic carbocycles. The van der Waals surface area contributed by atoms with Gasteiger partial charge in [-0.15, -0.1) is 35.3 Å². The lowest BCUT2D eigenvalue weighted by Crippen LogP contribution is -2.38. The van der Waals surface area contributed by atoms with Crippen LogP contribution in [0.1, 0.15) is 35.4 Å². The van der Waals surface area contributed by atoms with Crippen LogP contribution in [0, 0.1) is 13.8 Å². The molecule has 0 saturated carbocycles. The number of hydrogen-bond acceptors (Lipinski definition) is 4. The third kappa shape index (κ3) is 6.16. The number of nitrogens with one attached hydrogen (secondary N) is 1. The van der Waals surface area contributed by atoms with Crippen molar-refractivity contribution < 1.29 is 8.42 Å². The Hall–Kier alpha value is -0.390. The summed E-state index contributed by atoms with van der Waals surface area (Å²) in [6.07, 6.45) is 4.76. The smallest absolute Gasteiger partial charge is 0.241 e. The molecule has 0 atom stereocenters. The Morgan fingerprint density at radius 3 is 2.46 bits per heavy atom. The van der Waals surface area contributed by atoms with E-state index < -0.39 is 10.0 Å². The van der Waals surface area contributed by atoms with Crippen LogP contribution in [0.5, 0.6) is 0 Å². The van der Waals surface area contributed by atoms with E-state index in [1.54, 1.807) is 6.07 Å². The van der Waals surface area contributed by atoms with Crippen LogP contribution in [-0.4, -0.2) is 45.5 Å². The monoisotopic (exact) mass is 486 g/mol. The SMILES string of the molecule is Cc1cc(S(=O)(=O)NCCN=C(N)N2CCCCCC2)c(C)s1.I. The van der Waals surface area contributed by atoms with Crippen molar-refractivity contribution >= 4 is 51.3 Å². The Kier molecular flexibility index (Phi) is 8.96. The molecule has 6 nitrogen and oxygen atoms in total. The van der Waals surface area contributed by atoms with Gasteiger partial charge >= 0.3 is 0 Å². The molecule has 0 spiro atoms. The second-order valence-corrected chi connectivity index (χ2v) is 9.01. The highest BCUT2D eigenvalue weighted by Gasteiger charge is 2.18. The molecule has 1 aliphatic heterocycles. The highest BCUT2D eigenvalue weighted by atomic mass is 127. The minimum atomic E-state index is -3.46. The summed E-state index contributed by atoms with van der Waals surface area (Å²) in [7, 11) is -3.46. The van der Waals surface area contributed by atoms with Crippen LogP contribution in [0.3, 0.4) is 0 Å². The molecule has 1 aliphatic rings. The summed E-state index contributed by atoms with van der Waals surface area (Å²) < 4.78 is 27.1. The first-order valence-corrected chi connectivity index (χ1v) is 10.3. The molecule has 0 unspecified atom stereocenters. The van der Waals surface area contributed by atoms with Gasteiger partial charge in [0.1, 0.15) is 0 Å². The van der Waals surface area contributed by atoms with Crippen LogP contribution in [0.25, 0.3) is 0 Å². The van der Waals surface area contributed by atoms with E-state index >= 15 is 0 Å². The molecule has 0 amide bonds. The number of aliphatic imine (C=N–C) groups is 1. The fourth-order valence-corrected chi connectivity index (χ4v) is 5.28. The molecule has 0 aliphatic carbocycles. The van der Waals surface area contributed by atoms with E-state index in [0.717, 1.165) is 35.7 Å². The maximum Gasteiger partial charge on any atom is 0.241 e. The molecule has 1 aromatic heterocycles. The second kappa shape index (κ2) is 9.93. The van der Waals surface area contributed by atoms with E-state index in [0.29, 0.717) is 17.4 Å². The lowest BCUT2D eigenvalue weighted by molar-refractivity contribution is 0.428. The van der Waals surface area contributed by atoms with E-state index in [2.05, 4.69) is 14.6 Å². The second-order valence-electron chi connectivity index (χ2n) is 5.82. The van der Waals surface area contributed by atoms with Gasteiger partial charge in [0.25, 0.3) is 0 Å². The maximum absolute atomic E-state index is 12.3. The molecule has 138 valence electrons. The number of sulfonamides is 1. The fraction of sp³-hybridized carbons (Fsp3) is 0.667. The minimum absolute atomic E-state index is 0. The number of rotatable bonds is 5. The summed E-state index contributed by atoms with van der Waals surface area (Å²) in [4.78, 5) is 8.57. The number of hydrogen-bond donors (Lipinski definition) is 2. The molecule has 1 fully saturated rings. The first-order chi connectivity index (χ1) is 10.9. The standard InChI is InChI=1S/C15H26N4O2S2.HI/c1-12-11-14(13(2)22-12)23(20,21)18-8-7-17-15(16)19-9-5-3-4-6-10-19;/h11,18H,3-10H2,1-2H3,(H2,16,17);1H. The maximum atomic E-state index is 12.3. The Labute approximate surface area is 166 Å². The topological polar surface area (TPSA) is 87.8 Å². The van der Waals surface area contributed by atoms with E-state index in [4.69, 9.17) is 5.73 Å². The van der Waals surface area contributed by atoms with Gasteiger partial charge in [-0.25, -0.2) is 13.1 Å². The van der Waals surface area contributed by atoms with Crippen LogP contribution in [0.15, 0.2) is 16.0 Å². The number of aryl methyl sites for hydroxylation is 2. The molecule has 0 radical (unpaired) electrons. The average molecular weight is 486 g/mol. The lowest BCUT2D eigenvalue weighted by atomic mass is 10.2. The summed E-state index contributed by atoms with van der Waals surface area (Å²) in [5.74, 6) is 0.522. The third-order valence-electron chi connectivity index (χ3n) is 3.89. The number of guanidine groups is 1. The molecule has 2 rings (SSSR count). The van der Waals surface area contributed by atoms with Crippen LogP contribution >= 0.6 is 35.3 Å². The zero-order valence-electron chi connectivity index (χ0n) is 14.2. The molecular formula is C15H27IN4O2S2. The van der Waals surface area contributed by atoms with Gasteiger partial charge in [-0.05, 0) is 32.8 Å². The van der Waals surface area contributed by atoms with Crippen molar-refractivity contribution in [3.63, 3.8) is 0 Å². The summed E-state index contributed by atoms with van der Waals surface area (Å²) in [5, 5.41) is 0.